The van der Waals surface area contributed by atoms with Crippen molar-refractivity contribution in [1.29, 1.82) is 0 Å². The Morgan fingerprint density at radius 3 is 2.64 bits per heavy atom. The molecular weight excluding hydrogens is 487 g/mol. The van der Waals surface area contributed by atoms with Crippen molar-refractivity contribution in [3.8, 4) is 11.4 Å². The fourth-order valence-corrected chi connectivity index (χ4v) is 4.43. The van der Waals surface area contributed by atoms with E-state index in [2.05, 4.69) is 15.0 Å². The van der Waals surface area contributed by atoms with Gasteiger partial charge in [0.05, 0.1) is 12.1 Å². The molecule has 4 rings (SSSR count). The first kappa shape index (κ1) is 25.4. The van der Waals surface area contributed by atoms with Gasteiger partial charge in [-0.05, 0) is 44.2 Å². The number of aryl methyl sites for hydroxylation is 1. The zero-order valence-electron chi connectivity index (χ0n) is 20.6. The summed E-state index contributed by atoms with van der Waals surface area (Å²) in [5, 5.41) is 4.28. The first-order valence-corrected chi connectivity index (χ1v) is 11.9. The number of benzene rings is 2. The number of halogens is 2. The zero-order valence-corrected chi connectivity index (χ0v) is 21.4. The maximum Gasteiger partial charge on any atom is 0.249 e. The maximum atomic E-state index is 13.5. The Kier molecular flexibility index (Phi) is 7.44. The van der Waals surface area contributed by atoms with Crippen LogP contribution in [0.1, 0.15) is 19.2 Å². The molecule has 0 radical (unpaired) electrons. The number of hydrogen-bond acceptors (Lipinski definition) is 6. The lowest BCUT2D eigenvalue weighted by Gasteiger charge is -2.31. The van der Waals surface area contributed by atoms with Gasteiger partial charge in [-0.15, -0.1) is 0 Å². The molecule has 1 unspecified atom stereocenters. The first-order valence-electron chi connectivity index (χ1n) is 11.5. The van der Waals surface area contributed by atoms with E-state index in [0.29, 0.717) is 36.9 Å². The molecule has 9 nitrogen and oxygen atoms in total. The summed E-state index contributed by atoms with van der Waals surface area (Å²) < 4.78 is 20.8. The monoisotopic (exact) mass is 514 g/mol. The topological polar surface area (TPSA) is 83.8 Å². The Hall–Kier alpha value is -3.66. The number of nitrogens with zero attached hydrogens (tertiary/aromatic N) is 6. The minimum Gasteiger partial charge on any atom is -0.494 e. The van der Waals surface area contributed by atoms with E-state index in [0.717, 1.165) is 11.4 Å². The highest BCUT2D eigenvalue weighted by atomic mass is 35.5. The van der Waals surface area contributed by atoms with Crippen LogP contribution < -0.4 is 14.5 Å². The number of ether oxygens (including phenoxy) is 1. The summed E-state index contributed by atoms with van der Waals surface area (Å²) in [6.07, 6.45) is 1.89. The van der Waals surface area contributed by atoms with Crippen LogP contribution in [-0.2, 0) is 9.59 Å². The summed E-state index contributed by atoms with van der Waals surface area (Å²) in [4.78, 5) is 35.4. The van der Waals surface area contributed by atoms with Crippen LogP contribution in [0.15, 0.2) is 42.7 Å². The van der Waals surface area contributed by atoms with Crippen molar-refractivity contribution >= 4 is 34.8 Å². The maximum absolute atomic E-state index is 13.5. The average Bonchev–Trinajstić information content (AvgIpc) is 3.21. The molecule has 11 heteroatoms. The van der Waals surface area contributed by atoms with Crippen molar-refractivity contribution in [3.63, 3.8) is 0 Å². The number of amides is 2. The molecule has 36 heavy (non-hydrogen) atoms. The largest absolute Gasteiger partial charge is 0.494 e. The Labute approximate surface area is 214 Å². The van der Waals surface area contributed by atoms with Crippen molar-refractivity contribution < 1.29 is 18.7 Å². The third kappa shape index (κ3) is 5.13. The minimum atomic E-state index is -0.696. The summed E-state index contributed by atoms with van der Waals surface area (Å²) in [5.74, 6) is 0.342. The van der Waals surface area contributed by atoms with Gasteiger partial charge in [0.2, 0.25) is 11.8 Å². The van der Waals surface area contributed by atoms with Gasteiger partial charge in [-0.1, -0.05) is 11.6 Å². The van der Waals surface area contributed by atoms with Gasteiger partial charge in [-0.3, -0.25) is 9.59 Å². The molecule has 0 spiro atoms. The van der Waals surface area contributed by atoms with Crippen LogP contribution in [0.3, 0.4) is 0 Å². The highest BCUT2D eigenvalue weighted by Gasteiger charge is 2.31. The molecule has 1 aromatic heterocycles. The molecule has 2 aromatic carbocycles. The summed E-state index contributed by atoms with van der Waals surface area (Å²) in [5.41, 5.74) is 2.12. The van der Waals surface area contributed by atoms with E-state index in [9.17, 15) is 14.0 Å². The van der Waals surface area contributed by atoms with Gasteiger partial charge in [-0.2, -0.15) is 5.10 Å². The molecule has 2 heterocycles. The molecule has 0 aliphatic carbocycles. The zero-order chi connectivity index (χ0) is 26.0. The van der Waals surface area contributed by atoms with Gasteiger partial charge in [0.25, 0.3) is 0 Å². The van der Waals surface area contributed by atoms with E-state index in [1.54, 1.807) is 37.0 Å². The Morgan fingerprint density at radius 1 is 1.19 bits per heavy atom. The summed E-state index contributed by atoms with van der Waals surface area (Å²) in [6, 6.07) is 9.16. The van der Waals surface area contributed by atoms with Gasteiger partial charge < -0.3 is 19.4 Å². The predicted octanol–water partition coefficient (Wildman–Crippen LogP) is 3.47. The van der Waals surface area contributed by atoms with E-state index < -0.39 is 11.9 Å². The molecule has 1 atom stereocenters. The molecule has 190 valence electrons. The number of anilines is 2. The van der Waals surface area contributed by atoms with Gasteiger partial charge >= 0.3 is 0 Å². The summed E-state index contributed by atoms with van der Waals surface area (Å²) >= 11 is 5.88. The van der Waals surface area contributed by atoms with Crippen molar-refractivity contribution in [3.05, 3.63) is 59.4 Å². The third-order valence-corrected chi connectivity index (χ3v) is 6.64. The van der Waals surface area contributed by atoms with E-state index in [1.165, 1.54) is 23.1 Å². The quantitative estimate of drug-likeness (QED) is 0.501. The normalized spacial score (nSPS) is 15.0. The van der Waals surface area contributed by atoms with Gasteiger partial charge in [0, 0.05) is 50.5 Å². The van der Waals surface area contributed by atoms with Gasteiger partial charge in [-0.25, -0.2) is 14.1 Å². The molecule has 1 fully saturated rings. The average molecular weight is 515 g/mol. The van der Waals surface area contributed by atoms with Gasteiger partial charge in [0.1, 0.15) is 35.4 Å². The highest BCUT2D eigenvalue weighted by Crippen LogP contribution is 2.29. The summed E-state index contributed by atoms with van der Waals surface area (Å²) in [6.45, 7) is 4.94. The number of carbonyl (C=O) groups excluding carboxylic acids is 2. The molecule has 0 N–H and O–H groups in total. The SMILES string of the molecule is COc1cc(N2CCC(=O)N(C(C)C(=O)N(C)c3ccc(F)c(Cl)c3)CC2)ccc1-n1cnc(C)n1. The van der Waals surface area contributed by atoms with Crippen LogP contribution in [0.25, 0.3) is 5.69 Å². The third-order valence-electron chi connectivity index (χ3n) is 6.35. The molecule has 1 aliphatic heterocycles. The number of likely N-dealkylation sites (N-methyl/N-ethyl adjacent to an activating group) is 1. The second kappa shape index (κ2) is 10.5. The Balaban J connectivity index is 1.48. The second-order valence-corrected chi connectivity index (χ2v) is 9.00. The van der Waals surface area contributed by atoms with Crippen molar-refractivity contribution in [2.24, 2.45) is 0 Å². The van der Waals surface area contributed by atoms with Crippen molar-refractivity contribution in [1.82, 2.24) is 19.7 Å². The number of aromatic nitrogens is 3. The first-order chi connectivity index (χ1) is 17.2. The van der Waals surface area contributed by atoms with E-state index >= 15 is 0 Å². The lowest BCUT2D eigenvalue weighted by atomic mass is 10.2. The predicted molar refractivity (Wildman–Crippen MR) is 135 cm³/mol. The molecule has 1 aliphatic rings. The number of carbonyl (C=O) groups is 2. The number of methoxy groups -OCH3 is 1. The molecule has 0 bridgehead atoms. The number of hydrogen-bond donors (Lipinski definition) is 0. The summed E-state index contributed by atoms with van der Waals surface area (Å²) in [7, 11) is 3.18. The minimum absolute atomic E-state index is 0.0679. The van der Waals surface area contributed by atoms with Crippen molar-refractivity contribution in [2.75, 3.05) is 43.6 Å². The van der Waals surface area contributed by atoms with Crippen LogP contribution in [0.4, 0.5) is 15.8 Å². The lowest BCUT2D eigenvalue weighted by molar-refractivity contribution is -0.138. The van der Waals surface area contributed by atoms with Crippen LogP contribution in [0, 0.1) is 12.7 Å². The molecular formula is C25H28ClFN6O3. The van der Waals surface area contributed by atoms with Crippen molar-refractivity contribution in [2.45, 2.75) is 26.3 Å². The van der Waals surface area contributed by atoms with Crippen LogP contribution in [0.5, 0.6) is 5.75 Å². The second-order valence-electron chi connectivity index (χ2n) is 8.59. The highest BCUT2D eigenvalue weighted by molar-refractivity contribution is 6.31. The van der Waals surface area contributed by atoms with Gasteiger partial charge in [0.15, 0.2) is 0 Å². The van der Waals surface area contributed by atoms with E-state index in [4.69, 9.17) is 16.3 Å². The molecule has 2 amide bonds. The Bertz CT molecular complexity index is 1280. The van der Waals surface area contributed by atoms with Crippen LogP contribution in [-0.4, -0.2) is 71.3 Å². The fraction of sp³-hybridized carbons (Fsp3) is 0.360. The van der Waals surface area contributed by atoms with E-state index in [-0.39, 0.29) is 23.3 Å². The number of rotatable bonds is 6. The molecule has 1 saturated heterocycles. The standard InChI is InChI=1S/C25H28ClFN6O3/c1-16(25(35)30(3)18-5-7-21(27)20(26)13-18)32-12-11-31(10-9-24(32)34)19-6-8-22(23(14-19)36-4)33-15-28-17(2)29-33/h5-8,13-16H,9-12H2,1-4H3. The van der Waals surface area contributed by atoms with E-state index in [1.807, 2.05) is 25.1 Å². The Morgan fingerprint density at radius 2 is 1.97 bits per heavy atom. The lowest BCUT2D eigenvalue weighted by Crippen LogP contribution is -2.49. The fourth-order valence-electron chi connectivity index (χ4n) is 4.26. The van der Waals surface area contributed by atoms with Crippen LogP contribution in [0.2, 0.25) is 5.02 Å². The molecule has 0 saturated carbocycles. The smallest absolute Gasteiger partial charge is 0.249 e. The molecule has 3 aromatic rings. The van der Waals surface area contributed by atoms with Crippen LogP contribution >= 0.6 is 11.6 Å².